The maximum atomic E-state index is 10.5. The molecule has 1 fully saturated rings. The lowest BCUT2D eigenvalue weighted by Crippen LogP contribution is -1.99. The molecular weight excluding hydrogens is 281 g/mol. The van der Waals surface area contributed by atoms with Gasteiger partial charge in [-0.15, -0.1) is 0 Å². The van der Waals surface area contributed by atoms with Crippen LogP contribution in [0.5, 0.6) is 5.75 Å². The molecule has 0 radical (unpaired) electrons. The normalized spacial score (nSPS) is 15.5. The number of carbonyl (C=O) groups is 1. The molecule has 1 aromatic heterocycles. The maximum Gasteiger partial charge on any atom is 0.168 e. The Balaban J connectivity index is 2.24. The Kier molecular flexibility index (Phi) is 2.48. The van der Waals surface area contributed by atoms with Gasteiger partial charge in [0.15, 0.2) is 6.29 Å². The lowest BCUT2D eigenvalue weighted by Gasteiger charge is -2.05. The van der Waals surface area contributed by atoms with Crippen molar-refractivity contribution in [3.05, 3.63) is 21.5 Å². The van der Waals surface area contributed by atoms with Gasteiger partial charge in [0, 0.05) is 12.3 Å². The molecule has 0 bridgehead atoms. The molecule has 13 heavy (non-hydrogen) atoms. The molecule has 1 saturated carbocycles. The Morgan fingerprint density at radius 2 is 2.38 bits per heavy atom. The SMILES string of the molecule is O=Cc1cc(OC2CC2)c(I)cn1. The summed E-state index contributed by atoms with van der Waals surface area (Å²) in [6, 6.07) is 1.69. The Labute approximate surface area is 89.6 Å². The average molecular weight is 289 g/mol. The van der Waals surface area contributed by atoms with Crippen molar-refractivity contribution >= 4 is 28.9 Å². The molecular formula is C9H8INO2. The van der Waals surface area contributed by atoms with Crippen molar-refractivity contribution in [3.63, 3.8) is 0 Å². The van der Waals surface area contributed by atoms with Gasteiger partial charge in [-0.2, -0.15) is 0 Å². The predicted octanol–water partition coefficient (Wildman–Crippen LogP) is 2.04. The summed E-state index contributed by atoms with van der Waals surface area (Å²) in [5.41, 5.74) is 0.427. The number of aromatic nitrogens is 1. The summed E-state index contributed by atoms with van der Waals surface area (Å²) in [5.74, 6) is 0.778. The van der Waals surface area contributed by atoms with Gasteiger partial charge < -0.3 is 4.74 Å². The van der Waals surface area contributed by atoms with Crippen LogP contribution in [0.3, 0.4) is 0 Å². The highest BCUT2D eigenvalue weighted by molar-refractivity contribution is 14.1. The second-order valence-electron chi connectivity index (χ2n) is 2.97. The molecule has 0 spiro atoms. The van der Waals surface area contributed by atoms with Gasteiger partial charge in [-0.25, -0.2) is 0 Å². The molecule has 4 heteroatoms. The van der Waals surface area contributed by atoms with Crippen LogP contribution < -0.4 is 4.74 Å². The van der Waals surface area contributed by atoms with Crippen LogP contribution in [0, 0.1) is 3.57 Å². The Morgan fingerprint density at radius 1 is 1.62 bits per heavy atom. The number of hydrogen-bond donors (Lipinski definition) is 0. The topological polar surface area (TPSA) is 39.2 Å². The van der Waals surface area contributed by atoms with Gasteiger partial charge in [-0.3, -0.25) is 9.78 Å². The highest BCUT2D eigenvalue weighted by Gasteiger charge is 2.24. The third-order valence-corrected chi connectivity index (χ3v) is 2.59. The summed E-state index contributed by atoms with van der Waals surface area (Å²) >= 11 is 2.15. The van der Waals surface area contributed by atoms with E-state index in [4.69, 9.17) is 4.74 Å². The van der Waals surface area contributed by atoms with E-state index in [1.807, 2.05) is 0 Å². The molecule has 1 heterocycles. The molecule has 0 aliphatic heterocycles. The predicted molar refractivity (Wildman–Crippen MR) is 56.0 cm³/mol. The van der Waals surface area contributed by atoms with E-state index in [0.29, 0.717) is 11.8 Å². The first kappa shape index (κ1) is 8.93. The zero-order valence-corrected chi connectivity index (χ0v) is 9.02. The molecule has 0 amide bonds. The molecule has 0 saturated heterocycles. The van der Waals surface area contributed by atoms with E-state index in [-0.39, 0.29) is 0 Å². The lowest BCUT2D eigenvalue weighted by molar-refractivity contribution is 0.111. The quantitative estimate of drug-likeness (QED) is 0.631. The van der Waals surface area contributed by atoms with Crippen molar-refractivity contribution in [3.8, 4) is 5.75 Å². The van der Waals surface area contributed by atoms with Crippen LogP contribution in [0.25, 0.3) is 0 Å². The summed E-state index contributed by atoms with van der Waals surface area (Å²) in [7, 11) is 0. The third kappa shape index (κ3) is 2.18. The van der Waals surface area contributed by atoms with Crippen LogP contribution in [0.1, 0.15) is 23.3 Å². The Hall–Kier alpha value is -0.650. The number of hydrogen-bond acceptors (Lipinski definition) is 3. The molecule has 68 valence electrons. The molecule has 0 N–H and O–H groups in total. The Bertz CT molecular complexity index is 336. The van der Waals surface area contributed by atoms with Gasteiger partial charge >= 0.3 is 0 Å². The summed E-state index contributed by atoms with van der Waals surface area (Å²) in [6.07, 6.45) is 4.98. The first-order chi connectivity index (χ1) is 6.29. The monoisotopic (exact) mass is 289 g/mol. The molecule has 0 unspecified atom stereocenters. The molecule has 1 aliphatic carbocycles. The van der Waals surface area contributed by atoms with Crippen LogP contribution in [0.4, 0.5) is 0 Å². The number of carbonyl (C=O) groups excluding carboxylic acids is 1. The number of aldehydes is 1. The van der Waals surface area contributed by atoms with Gasteiger partial charge in [-0.1, -0.05) is 0 Å². The van der Waals surface area contributed by atoms with E-state index in [2.05, 4.69) is 27.6 Å². The number of ether oxygens (including phenoxy) is 1. The largest absolute Gasteiger partial charge is 0.489 e. The molecule has 0 aromatic carbocycles. The highest BCUT2D eigenvalue weighted by Crippen LogP contribution is 2.29. The maximum absolute atomic E-state index is 10.5. The Morgan fingerprint density at radius 3 is 3.00 bits per heavy atom. The zero-order valence-electron chi connectivity index (χ0n) is 6.87. The minimum atomic E-state index is 0.357. The van der Waals surface area contributed by atoms with E-state index in [1.54, 1.807) is 12.3 Å². The van der Waals surface area contributed by atoms with Gasteiger partial charge in [0.05, 0.1) is 9.67 Å². The second kappa shape index (κ2) is 3.61. The van der Waals surface area contributed by atoms with E-state index in [9.17, 15) is 4.79 Å². The lowest BCUT2D eigenvalue weighted by atomic mass is 10.3. The zero-order chi connectivity index (χ0) is 9.26. The van der Waals surface area contributed by atoms with E-state index < -0.39 is 0 Å². The van der Waals surface area contributed by atoms with E-state index in [1.165, 1.54) is 0 Å². The van der Waals surface area contributed by atoms with Crippen LogP contribution in [0.15, 0.2) is 12.3 Å². The van der Waals surface area contributed by atoms with Gasteiger partial charge in [0.2, 0.25) is 0 Å². The minimum Gasteiger partial charge on any atom is -0.489 e. The summed E-state index contributed by atoms with van der Waals surface area (Å²) in [6.45, 7) is 0. The van der Waals surface area contributed by atoms with Gasteiger partial charge in [-0.05, 0) is 35.4 Å². The molecule has 1 aromatic rings. The van der Waals surface area contributed by atoms with Crippen molar-refractivity contribution in [2.45, 2.75) is 18.9 Å². The van der Waals surface area contributed by atoms with Crippen molar-refractivity contribution in [1.29, 1.82) is 0 Å². The third-order valence-electron chi connectivity index (χ3n) is 1.78. The van der Waals surface area contributed by atoms with Crippen LogP contribution in [-0.2, 0) is 0 Å². The van der Waals surface area contributed by atoms with Crippen molar-refractivity contribution in [2.24, 2.45) is 0 Å². The highest BCUT2D eigenvalue weighted by atomic mass is 127. The van der Waals surface area contributed by atoms with Gasteiger partial charge in [0.25, 0.3) is 0 Å². The van der Waals surface area contributed by atoms with E-state index in [0.717, 1.165) is 28.4 Å². The number of halogens is 1. The first-order valence-electron chi connectivity index (χ1n) is 4.07. The molecule has 2 rings (SSSR count). The first-order valence-corrected chi connectivity index (χ1v) is 5.15. The number of rotatable bonds is 3. The fraction of sp³-hybridized carbons (Fsp3) is 0.333. The molecule has 1 aliphatic rings. The van der Waals surface area contributed by atoms with E-state index >= 15 is 0 Å². The minimum absolute atomic E-state index is 0.357. The second-order valence-corrected chi connectivity index (χ2v) is 4.14. The van der Waals surface area contributed by atoms with Crippen LogP contribution in [0.2, 0.25) is 0 Å². The smallest absolute Gasteiger partial charge is 0.168 e. The molecule has 0 atom stereocenters. The standard InChI is InChI=1S/C9H8INO2/c10-8-4-11-6(5-12)3-9(8)13-7-1-2-7/h3-5,7H,1-2H2. The van der Waals surface area contributed by atoms with Crippen molar-refractivity contribution in [2.75, 3.05) is 0 Å². The summed E-state index contributed by atoms with van der Waals surface area (Å²) < 4.78 is 6.55. The van der Waals surface area contributed by atoms with Gasteiger partial charge in [0.1, 0.15) is 11.4 Å². The van der Waals surface area contributed by atoms with Crippen LogP contribution in [-0.4, -0.2) is 17.4 Å². The van der Waals surface area contributed by atoms with Crippen molar-refractivity contribution in [1.82, 2.24) is 4.98 Å². The number of pyridine rings is 1. The average Bonchev–Trinajstić information content (AvgIpc) is 2.93. The fourth-order valence-corrected chi connectivity index (χ4v) is 1.38. The number of nitrogens with zero attached hydrogens (tertiary/aromatic N) is 1. The van der Waals surface area contributed by atoms with Crippen molar-refractivity contribution < 1.29 is 9.53 Å². The summed E-state index contributed by atoms with van der Waals surface area (Å²) in [5, 5.41) is 0. The fourth-order valence-electron chi connectivity index (χ4n) is 0.956. The molecule has 3 nitrogen and oxygen atoms in total. The summed E-state index contributed by atoms with van der Waals surface area (Å²) in [4.78, 5) is 14.4. The van der Waals surface area contributed by atoms with Crippen LogP contribution >= 0.6 is 22.6 Å².